The van der Waals surface area contributed by atoms with E-state index in [0.717, 1.165) is 19.3 Å². The summed E-state index contributed by atoms with van der Waals surface area (Å²) in [6.07, 6.45) is 2.67. The van der Waals surface area contributed by atoms with Crippen molar-refractivity contribution in [2.75, 3.05) is 21.3 Å². The lowest BCUT2D eigenvalue weighted by atomic mass is 10.2. The average Bonchev–Trinajstić information content (AvgIpc) is 2.49. The van der Waals surface area contributed by atoms with Crippen molar-refractivity contribution >= 4 is 17.7 Å². The van der Waals surface area contributed by atoms with Crippen LogP contribution in [0.25, 0.3) is 0 Å². The first-order valence-electron chi connectivity index (χ1n) is 6.36. The Morgan fingerprint density at radius 2 is 1.85 bits per heavy atom. The molecular weight excluding hydrogens is 280 g/mol. The van der Waals surface area contributed by atoms with E-state index >= 15 is 0 Å². The summed E-state index contributed by atoms with van der Waals surface area (Å²) in [5, 5.41) is 0.115. The van der Waals surface area contributed by atoms with Crippen molar-refractivity contribution in [2.24, 2.45) is 0 Å². The normalized spacial score (nSPS) is 11.8. The number of esters is 1. The second-order valence-corrected chi connectivity index (χ2v) is 5.18. The van der Waals surface area contributed by atoms with E-state index in [2.05, 4.69) is 16.9 Å². The van der Waals surface area contributed by atoms with Gasteiger partial charge in [-0.1, -0.05) is 31.5 Å². The maximum Gasteiger partial charge on any atom is 0.319 e. The lowest BCUT2D eigenvalue weighted by molar-refractivity contribution is -0.140. The number of methoxy groups -OCH3 is 3. The number of rotatable bonds is 8. The van der Waals surface area contributed by atoms with Crippen LogP contribution < -0.4 is 9.47 Å². The minimum atomic E-state index is -0.322. The van der Waals surface area contributed by atoms with Crippen LogP contribution in [0.1, 0.15) is 26.2 Å². The summed E-state index contributed by atoms with van der Waals surface area (Å²) in [5.41, 5.74) is 0. The summed E-state index contributed by atoms with van der Waals surface area (Å²) in [4.78, 5) is 20.2. The number of aromatic nitrogens is 2. The Hall–Kier alpha value is -1.50. The van der Waals surface area contributed by atoms with Gasteiger partial charge in [0.05, 0.1) is 27.4 Å². The monoisotopic (exact) mass is 300 g/mol. The average molecular weight is 300 g/mol. The van der Waals surface area contributed by atoms with Crippen molar-refractivity contribution in [1.82, 2.24) is 9.97 Å². The molecule has 1 atom stereocenters. The van der Waals surface area contributed by atoms with Gasteiger partial charge < -0.3 is 14.2 Å². The van der Waals surface area contributed by atoms with E-state index < -0.39 is 0 Å². The molecule has 0 aliphatic rings. The largest absolute Gasteiger partial charge is 0.481 e. The molecule has 0 N–H and O–H groups in total. The van der Waals surface area contributed by atoms with Crippen LogP contribution in [-0.2, 0) is 9.53 Å². The Labute approximate surface area is 123 Å². The van der Waals surface area contributed by atoms with Crippen molar-refractivity contribution in [1.29, 1.82) is 0 Å². The van der Waals surface area contributed by atoms with Crippen LogP contribution in [0.5, 0.6) is 11.8 Å². The smallest absolute Gasteiger partial charge is 0.319 e. The Morgan fingerprint density at radius 3 is 2.30 bits per heavy atom. The maximum atomic E-state index is 11.8. The van der Waals surface area contributed by atoms with Crippen LogP contribution in [0.15, 0.2) is 11.2 Å². The van der Waals surface area contributed by atoms with E-state index in [4.69, 9.17) is 14.2 Å². The van der Waals surface area contributed by atoms with Gasteiger partial charge in [-0.2, -0.15) is 9.97 Å². The second-order valence-electron chi connectivity index (χ2n) is 4.01. The van der Waals surface area contributed by atoms with E-state index in [1.54, 1.807) is 6.07 Å². The van der Waals surface area contributed by atoms with Crippen molar-refractivity contribution in [2.45, 2.75) is 36.6 Å². The zero-order valence-electron chi connectivity index (χ0n) is 12.2. The van der Waals surface area contributed by atoms with E-state index in [0.29, 0.717) is 16.9 Å². The lowest BCUT2D eigenvalue weighted by Crippen LogP contribution is -2.19. The van der Waals surface area contributed by atoms with Crippen LogP contribution in [-0.4, -0.2) is 42.5 Å². The van der Waals surface area contributed by atoms with E-state index in [9.17, 15) is 4.79 Å². The van der Waals surface area contributed by atoms with Crippen LogP contribution in [0.2, 0.25) is 0 Å². The minimum Gasteiger partial charge on any atom is -0.481 e. The molecule has 0 bridgehead atoms. The van der Waals surface area contributed by atoms with Crippen LogP contribution in [0.3, 0.4) is 0 Å². The molecule has 0 amide bonds. The molecule has 1 aromatic rings. The number of carbonyl (C=O) groups excluding carboxylic acids is 1. The first-order chi connectivity index (χ1) is 9.64. The molecule has 0 spiro atoms. The molecule has 0 saturated heterocycles. The fourth-order valence-electron chi connectivity index (χ4n) is 1.52. The van der Waals surface area contributed by atoms with Crippen LogP contribution in [0, 0.1) is 0 Å². The van der Waals surface area contributed by atoms with Crippen molar-refractivity contribution in [3.63, 3.8) is 0 Å². The summed E-state index contributed by atoms with van der Waals surface area (Å²) in [6.45, 7) is 2.07. The summed E-state index contributed by atoms with van der Waals surface area (Å²) < 4.78 is 15.0. The number of nitrogens with zero attached hydrogens (tertiary/aromatic N) is 2. The number of ether oxygens (including phenoxy) is 3. The molecule has 7 heteroatoms. The van der Waals surface area contributed by atoms with Gasteiger partial charge in [-0.25, -0.2) is 0 Å². The Balaban J connectivity index is 2.88. The van der Waals surface area contributed by atoms with Gasteiger partial charge in [0.25, 0.3) is 0 Å². The van der Waals surface area contributed by atoms with Crippen LogP contribution >= 0.6 is 11.8 Å². The highest BCUT2D eigenvalue weighted by Gasteiger charge is 2.22. The van der Waals surface area contributed by atoms with Crippen molar-refractivity contribution in [3.8, 4) is 11.8 Å². The molecule has 0 saturated carbocycles. The highest BCUT2D eigenvalue weighted by atomic mass is 32.2. The third kappa shape index (κ3) is 4.88. The molecule has 1 unspecified atom stereocenters. The van der Waals surface area contributed by atoms with Gasteiger partial charge in [0.1, 0.15) is 5.25 Å². The quantitative estimate of drug-likeness (QED) is 0.414. The summed E-state index contributed by atoms with van der Waals surface area (Å²) in [5.74, 6) is 0.533. The molecule has 1 heterocycles. The van der Waals surface area contributed by atoms with Gasteiger partial charge in [0.2, 0.25) is 11.8 Å². The third-order valence-corrected chi connectivity index (χ3v) is 3.71. The summed E-state index contributed by atoms with van der Waals surface area (Å²) >= 11 is 1.26. The van der Waals surface area contributed by atoms with Gasteiger partial charge in [-0.15, -0.1) is 0 Å². The molecule has 0 aliphatic heterocycles. The van der Waals surface area contributed by atoms with Crippen molar-refractivity contribution < 1.29 is 19.0 Å². The molecule has 0 aliphatic carbocycles. The predicted molar refractivity (Wildman–Crippen MR) is 76.3 cm³/mol. The number of thioether (sulfide) groups is 1. The topological polar surface area (TPSA) is 70.5 Å². The third-order valence-electron chi connectivity index (χ3n) is 2.61. The van der Waals surface area contributed by atoms with Gasteiger partial charge >= 0.3 is 5.97 Å². The SMILES string of the molecule is CCCCC(Sc1nc(OC)cc(OC)n1)C(=O)OC. The molecule has 0 radical (unpaired) electrons. The lowest BCUT2D eigenvalue weighted by Gasteiger charge is -2.13. The zero-order chi connectivity index (χ0) is 15.0. The zero-order valence-corrected chi connectivity index (χ0v) is 13.0. The molecule has 112 valence electrons. The second kappa shape index (κ2) is 8.63. The molecule has 0 fully saturated rings. The fourth-order valence-corrected chi connectivity index (χ4v) is 2.54. The Morgan fingerprint density at radius 1 is 1.25 bits per heavy atom. The first-order valence-corrected chi connectivity index (χ1v) is 7.24. The Bertz CT molecular complexity index is 420. The number of unbranched alkanes of at least 4 members (excludes halogenated alkanes) is 1. The van der Waals surface area contributed by atoms with E-state index in [1.165, 1.54) is 33.1 Å². The minimum absolute atomic E-state index is 0.270. The van der Waals surface area contributed by atoms with Gasteiger partial charge in [0.15, 0.2) is 5.16 Å². The standard InChI is InChI=1S/C13H20N2O4S/c1-5-6-7-9(12(16)19-4)20-13-14-10(17-2)8-11(15-13)18-3/h8-9H,5-7H2,1-4H3. The number of carbonyl (C=O) groups is 1. The fraction of sp³-hybridized carbons (Fsp3) is 0.615. The predicted octanol–water partition coefficient (Wildman–Crippen LogP) is 2.32. The van der Waals surface area contributed by atoms with Crippen molar-refractivity contribution in [3.05, 3.63) is 6.07 Å². The number of hydrogen-bond acceptors (Lipinski definition) is 7. The molecule has 6 nitrogen and oxygen atoms in total. The van der Waals surface area contributed by atoms with Gasteiger partial charge in [-0.05, 0) is 6.42 Å². The first kappa shape index (κ1) is 16.6. The summed E-state index contributed by atoms with van der Waals surface area (Å²) in [7, 11) is 4.42. The molecule has 1 rings (SSSR count). The molecule has 20 heavy (non-hydrogen) atoms. The van der Waals surface area contributed by atoms with Gasteiger partial charge in [0, 0.05) is 0 Å². The highest BCUT2D eigenvalue weighted by molar-refractivity contribution is 8.00. The van der Waals surface area contributed by atoms with Gasteiger partial charge in [-0.3, -0.25) is 4.79 Å². The maximum absolute atomic E-state index is 11.8. The highest BCUT2D eigenvalue weighted by Crippen LogP contribution is 2.28. The molecule has 1 aromatic heterocycles. The summed E-state index contributed by atoms with van der Waals surface area (Å²) in [6, 6.07) is 1.59. The van der Waals surface area contributed by atoms with E-state index in [1.807, 2.05) is 0 Å². The number of hydrogen-bond donors (Lipinski definition) is 0. The molecular formula is C13H20N2O4S. The Kier molecular flexibility index (Phi) is 7.14. The van der Waals surface area contributed by atoms with E-state index in [-0.39, 0.29) is 11.2 Å². The molecule has 0 aromatic carbocycles. The van der Waals surface area contributed by atoms with Crippen LogP contribution in [0.4, 0.5) is 0 Å².